The van der Waals surface area contributed by atoms with Gasteiger partial charge < -0.3 is 9.80 Å². The first-order valence-electron chi connectivity index (χ1n) is 9.03. The van der Waals surface area contributed by atoms with E-state index in [2.05, 4.69) is 31.2 Å². The van der Waals surface area contributed by atoms with Crippen molar-refractivity contribution in [2.45, 2.75) is 38.5 Å². The highest BCUT2D eigenvalue weighted by Gasteiger charge is 2.20. The third-order valence-corrected chi connectivity index (χ3v) is 5.30. The van der Waals surface area contributed by atoms with Crippen LogP contribution in [-0.2, 0) is 0 Å². The largest absolute Gasteiger partial charge is 0.354 e. The fraction of sp³-hybridized carbons (Fsp3) is 0.706. The van der Waals surface area contributed by atoms with Gasteiger partial charge in [-0.25, -0.2) is 0 Å². The Bertz CT molecular complexity index is 633. The monoisotopic (exact) mass is 314 g/mol. The van der Waals surface area contributed by atoms with Gasteiger partial charge in [0.05, 0.1) is 0 Å². The normalized spacial score (nSPS) is 21.7. The van der Waals surface area contributed by atoms with Crippen molar-refractivity contribution in [2.75, 3.05) is 37.6 Å². The highest BCUT2D eigenvalue weighted by molar-refractivity contribution is 5.45. The summed E-state index contributed by atoms with van der Waals surface area (Å²) in [5.41, 5.74) is 0.808. The number of hydrogen-bond acceptors (Lipinski definition) is 5. The molecule has 0 N–H and O–H groups in total. The van der Waals surface area contributed by atoms with Gasteiger partial charge in [0.2, 0.25) is 0 Å². The van der Waals surface area contributed by atoms with Gasteiger partial charge in [0.25, 0.3) is 0 Å². The number of anilines is 1. The van der Waals surface area contributed by atoms with Crippen molar-refractivity contribution < 1.29 is 0 Å². The van der Waals surface area contributed by atoms with E-state index in [1.165, 1.54) is 51.6 Å². The highest BCUT2D eigenvalue weighted by Crippen LogP contribution is 2.25. The smallest absolute Gasteiger partial charge is 0.177 e. The molecule has 0 aromatic carbocycles. The third-order valence-electron chi connectivity index (χ3n) is 5.30. The molecular weight excluding hydrogens is 288 g/mol. The lowest BCUT2D eigenvalue weighted by molar-refractivity contribution is 0.211. The van der Waals surface area contributed by atoms with Crippen LogP contribution >= 0.6 is 0 Å². The molecule has 1 saturated heterocycles. The molecular formula is C17H26N6. The zero-order valence-electron chi connectivity index (χ0n) is 13.8. The van der Waals surface area contributed by atoms with Crippen molar-refractivity contribution >= 4 is 11.5 Å². The summed E-state index contributed by atoms with van der Waals surface area (Å²) in [7, 11) is 0. The molecule has 1 saturated carbocycles. The molecule has 0 atom stereocenters. The van der Waals surface area contributed by atoms with Crippen LogP contribution in [0.25, 0.3) is 5.65 Å². The zero-order chi connectivity index (χ0) is 15.5. The summed E-state index contributed by atoms with van der Waals surface area (Å²) in [4.78, 5) is 5.08. The Hall–Kier alpha value is -1.69. The molecule has 2 aromatic heterocycles. The fourth-order valence-electron chi connectivity index (χ4n) is 4.00. The van der Waals surface area contributed by atoms with Gasteiger partial charge in [0.1, 0.15) is 12.1 Å². The van der Waals surface area contributed by atoms with Crippen LogP contribution in [0.15, 0.2) is 18.5 Å². The molecule has 0 spiro atoms. The maximum atomic E-state index is 4.64. The second-order valence-corrected chi connectivity index (χ2v) is 6.97. The molecule has 124 valence electrons. The minimum absolute atomic E-state index is 0.808. The van der Waals surface area contributed by atoms with E-state index in [1.807, 2.05) is 6.07 Å². The maximum Gasteiger partial charge on any atom is 0.177 e. The number of rotatable bonds is 3. The maximum absolute atomic E-state index is 4.64. The number of nitrogens with zero attached hydrogens (tertiary/aromatic N) is 6. The van der Waals surface area contributed by atoms with Crippen LogP contribution in [0.4, 0.5) is 5.82 Å². The van der Waals surface area contributed by atoms with E-state index in [9.17, 15) is 0 Å². The van der Waals surface area contributed by atoms with E-state index in [4.69, 9.17) is 0 Å². The average molecular weight is 314 g/mol. The van der Waals surface area contributed by atoms with Gasteiger partial charge in [-0.1, -0.05) is 19.3 Å². The Morgan fingerprint density at radius 1 is 0.957 bits per heavy atom. The Morgan fingerprint density at radius 2 is 1.87 bits per heavy atom. The molecule has 6 heteroatoms. The van der Waals surface area contributed by atoms with Gasteiger partial charge in [-0.05, 0) is 43.9 Å². The molecule has 4 rings (SSSR count). The fourth-order valence-corrected chi connectivity index (χ4v) is 4.00. The molecule has 2 aliphatic rings. The number of fused-ring (bicyclic) bond motifs is 1. The van der Waals surface area contributed by atoms with Gasteiger partial charge in [-0.2, -0.15) is 4.52 Å². The SMILES string of the molecule is c1cc2nncn2nc1N1CCCN(CC2CCCCC2)CC1. The van der Waals surface area contributed by atoms with Gasteiger partial charge >= 0.3 is 0 Å². The van der Waals surface area contributed by atoms with Gasteiger partial charge in [-0.15, -0.1) is 15.3 Å². The Morgan fingerprint density at radius 3 is 2.78 bits per heavy atom. The van der Waals surface area contributed by atoms with E-state index >= 15 is 0 Å². The summed E-state index contributed by atoms with van der Waals surface area (Å²) in [5.74, 6) is 1.97. The zero-order valence-corrected chi connectivity index (χ0v) is 13.8. The Balaban J connectivity index is 1.38. The van der Waals surface area contributed by atoms with Crippen LogP contribution < -0.4 is 4.90 Å². The quantitative estimate of drug-likeness (QED) is 0.869. The molecule has 1 aliphatic heterocycles. The molecule has 0 unspecified atom stereocenters. The van der Waals surface area contributed by atoms with Crippen LogP contribution in [0.3, 0.4) is 0 Å². The second kappa shape index (κ2) is 6.83. The van der Waals surface area contributed by atoms with Crippen molar-refractivity contribution in [1.82, 2.24) is 24.7 Å². The summed E-state index contributed by atoms with van der Waals surface area (Å²) in [6, 6.07) is 4.07. The topological polar surface area (TPSA) is 49.6 Å². The lowest BCUT2D eigenvalue weighted by Gasteiger charge is -2.29. The Labute approximate surface area is 137 Å². The predicted octanol–water partition coefficient (Wildman–Crippen LogP) is 2.22. The van der Waals surface area contributed by atoms with Crippen molar-refractivity contribution in [3.05, 3.63) is 18.5 Å². The first-order valence-corrected chi connectivity index (χ1v) is 9.03. The summed E-state index contributed by atoms with van der Waals surface area (Å²) >= 11 is 0. The minimum atomic E-state index is 0.808. The van der Waals surface area contributed by atoms with Crippen LogP contribution in [0.2, 0.25) is 0 Å². The standard InChI is InChI=1S/C17H26N6/c1-2-5-15(6-3-1)13-21-9-4-10-22(12-11-21)17-8-7-16-19-18-14-23(16)20-17/h7-8,14-15H,1-6,9-13H2. The summed E-state index contributed by atoms with van der Waals surface area (Å²) in [6.45, 7) is 5.82. The summed E-state index contributed by atoms with van der Waals surface area (Å²) < 4.78 is 1.76. The van der Waals surface area contributed by atoms with Crippen molar-refractivity contribution in [3.63, 3.8) is 0 Å². The van der Waals surface area contributed by atoms with Crippen molar-refractivity contribution in [2.24, 2.45) is 5.92 Å². The van der Waals surface area contributed by atoms with Crippen LogP contribution in [0.1, 0.15) is 38.5 Å². The molecule has 2 fully saturated rings. The van der Waals surface area contributed by atoms with Gasteiger partial charge in [-0.3, -0.25) is 0 Å². The first kappa shape index (κ1) is 14.9. The highest BCUT2D eigenvalue weighted by atomic mass is 15.4. The van der Waals surface area contributed by atoms with Gasteiger partial charge in [0.15, 0.2) is 5.65 Å². The van der Waals surface area contributed by atoms with Crippen molar-refractivity contribution in [1.29, 1.82) is 0 Å². The molecule has 3 heterocycles. The van der Waals surface area contributed by atoms with E-state index in [0.29, 0.717) is 0 Å². The van der Waals surface area contributed by atoms with Crippen LogP contribution in [0, 0.1) is 5.92 Å². The van der Waals surface area contributed by atoms with Crippen LogP contribution in [-0.4, -0.2) is 57.4 Å². The summed E-state index contributed by atoms with van der Waals surface area (Å²) in [6.07, 6.45) is 10.1. The first-order chi connectivity index (χ1) is 11.4. The Kier molecular flexibility index (Phi) is 4.41. The molecule has 0 bridgehead atoms. The van der Waals surface area contributed by atoms with E-state index < -0.39 is 0 Å². The second-order valence-electron chi connectivity index (χ2n) is 6.97. The minimum Gasteiger partial charge on any atom is -0.354 e. The van der Waals surface area contributed by atoms with E-state index in [0.717, 1.165) is 37.0 Å². The number of aromatic nitrogens is 4. The third kappa shape index (κ3) is 3.47. The summed E-state index contributed by atoms with van der Waals surface area (Å²) in [5, 5.41) is 12.6. The average Bonchev–Trinajstić information content (AvgIpc) is 2.94. The van der Waals surface area contributed by atoms with Crippen molar-refractivity contribution in [3.8, 4) is 0 Å². The van der Waals surface area contributed by atoms with E-state index in [1.54, 1.807) is 10.8 Å². The molecule has 0 amide bonds. The predicted molar refractivity (Wildman–Crippen MR) is 90.6 cm³/mol. The molecule has 6 nitrogen and oxygen atoms in total. The molecule has 2 aromatic rings. The van der Waals surface area contributed by atoms with E-state index in [-0.39, 0.29) is 0 Å². The molecule has 0 radical (unpaired) electrons. The lowest BCUT2D eigenvalue weighted by Crippen LogP contribution is -2.34. The molecule has 23 heavy (non-hydrogen) atoms. The van der Waals surface area contributed by atoms with Crippen LogP contribution in [0.5, 0.6) is 0 Å². The molecule has 1 aliphatic carbocycles. The lowest BCUT2D eigenvalue weighted by atomic mass is 9.89. The number of hydrogen-bond donors (Lipinski definition) is 0. The van der Waals surface area contributed by atoms with Gasteiger partial charge in [0, 0.05) is 26.2 Å².